The molecule has 0 aliphatic heterocycles. The first-order chi connectivity index (χ1) is 8.66. The summed E-state index contributed by atoms with van der Waals surface area (Å²) in [7, 11) is 0. The molecule has 90 valence electrons. The Bertz CT molecular complexity index is 603. The van der Waals surface area contributed by atoms with Crippen LogP contribution in [0.1, 0.15) is 21.5 Å². The lowest BCUT2D eigenvalue weighted by Crippen LogP contribution is -1.98. The molecule has 0 spiro atoms. The van der Waals surface area contributed by atoms with E-state index in [9.17, 15) is 9.18 Å². The number of carboxylic acids is 1. The number of halogens is 1. The predicted octanol–water partition coefficient (Wildman–Crippen LogP) is 3.69. The fourth-order valence-corrected chi connectivity index (χ4v) is 1.63. The van der Waals surface area contributed by atoms with E-state index >= 15 is 0 Å². The van der Waals surface area contributed by atoms with Crippen molar-refractivity contribution in [2.45, 2.75) is 0 Å². The van der Waals surface area contributed by atoms with Crippen molar-refractivity contribution >= 4 is 18.1 Å². The second-order valence-corrected chi connectivity index (χ2v) is 3.78. The first kappa shape index (κ1) is 12.0. The van der Waals surface area contributed by atoms with Gasteiger partial charge < -0.3 is 5.11 Å². The van der Waals surface area contributed by atoms with E-state index in [1.807, 2.05) is 0 Å². The minimum absolute atomic E-state index is 0.227. The van der Waals surface area contributed by atoms with E-state index in [4.69, 9.17) is 5.11 Å². The van der Waals surface area contributed by atoms with E-state index in [1.54, 1.807) is 42.5 Å². The zero-order chi connectivity index (χ0) is 13.0. The molecule has 2 rings (SSSR count). The molecule has 0 aromatic heterocycles. The molecule has 0 aliphatic rings. The number of carboxylic acid groups (broad SMARTS) is 1. The molecule has 0 heterocycles. The van der Waals surface area contributed by atoms with Crippen LogP contribution in [0.2, 0.25) is 0 Å². The molecule has 2 aromatic rings. The van der Waals surface area contributed by atoms with Gasteiger partial charge in [0.15, 0.2) is 0 Å². The van der Waals surface area contributed by atoms with Crippen molar-refractivity contribution in [1.82, 2.24) is 0 Å². The fraction of sp³-hybridized carbons (Fsp3) is 0. The van der Waals surface area contributed by atoms with Crippen LogP contribution in [-0.2, 0) is 0 Å². The number of rotatable bonds is 3. The Morgan fingerprint density at radius 2 is 1.83 bits per heavy atom. The number of carbonyl (C=O) groups is 1. The maximum atomic E-state index is 13.0. The highest BCUT2D eigenvalue weighted by Gasteiger charge is 2.05. The number of benzene rings is 2. The van der Waals surface area contributed by atoms with E-state index in [0.717, 1.165) is 0 Å². The summed E-state index contributed by atoms with van der Waals surface area (Å²) in [5.74, 6) is -1.29. The van der Waals surface area contributed by atoms with Gasteiger partial charge >= 0.3 is 5.97 Å². The molecular weight excluding hydrogens is 231 g/mol. The van der Waals surface area contributed by atoms with Gasteiger partial charge in [0, 0.05) is 0 Å². The normalized spacial score (nSPS) is 10.7. The summed E-state index contributed by atoms with van der Waals surface area (Å²) in [4.78, 5) is 11.0. The second kappa shape index (κ2) is 5.27. The van der Waals surface area contributed by atoms with Crippen molar-refractivity contribution in [2.75, 3.05) is 0 Å². The quantitative estimate of drug-likeness (QED) is 0.833. The number of hydrogen-bond acceptors (Lipinski definition) is 1. The molecule has 0 atom stereocenters. The minimum atomic E-state index is -0.977. The minimum Gasteiger partial charge on any atom is -0.478 e. The Kier molecular flexibility index (Phi) is 3.53. The van der Waals surface area contributed by atoms with Gasteiger partial charge in [-0.3, -0.25) is 0 Å². The zero-order valence-electron chi connectivity index (χ0n) is 9.51. The Morgan fingerprint density at radius 3 is 2.56 bits per heavy atom. The van der Waals surface area contributed by atoms with Gasteiger partial charge in [-0.1, -0.05) is 42.5 Å². The average molecular weight is 242 g/mol. The molecule has 18 heavy (non-hydrogen) atoms. The fourth-order valence-electron chi connectivity index (χ4n) is 1.63. The summed E-state index contributed by atoms with van der Waals surface area (Å²) >= 11 is 0. The predicted molar refractivity (Wildman–Crippen MR) is 68.7 cm³/mol. The molecule has 2 aromatic carbocycles. The van der Waals surface area contributed by atoms with E-state index < -0.39 is 5.97 Å². The van der Waals surface area contributed by atoms with Crippen LogP contribution in [0, 0.1) is 5.82 Å². The highest BCUT2D eigenvalue weighted by molar-refractivity contribution is 5.93. The summed E-state index contributed by atoms with van der Waals surface area (Å²) in [5.41, 5.74) is 1.51. The molecule has 0 aliphatic carbocycles. The third-order valence-electron chi connectivity index (χ3n) is 2.50. The molecule has 0 amide bonds. The topological polar surface area (TPSA) is 37.3 Å². The summed E-state index contributed by atoms with van der Waals surface area (Å²) < 4.78 is 13.0. The molecule has 3 heteroatoms. The molecule has 0 bridgehead atoms. The van der Waals surface area contributed by atoms with Gasteiger partial charge in [-0.15, -0.1) is 0 Å². The van der Waals surface area contributed by atoms with Crippen molar-refractivity contribution in [3.05, 3.63) is 71.0 Å². The maximum absolute atomic E-state index is 13.0. The largest absolute Gasteiger partial charge is 0.478 e. The van der Waals surface area contributed by atoms with Crippen molar-refractivity contribution < 1.29 is 14.3 Å². The van der Waals surface area contributed by atoms with Gasteiger partial charge in [0.1, 0.15) is 5.82 Å². The SMILES string of the molecule is O=C(O)c1ccccc1/C=C\c1cccc(F)c1. The molecule has 0 saturated carbocycles. The molecule has 1 N–H and O–H groups in total. The van der Waals surface area contributed by atoms with Crippen molar-refractivity contribution in [2.24, 2.45) is 0 Å². The smallest absolute Gasteiger partial charge is 0.336 e. The molecule has 0 fully saturated rings. The summed E-state index contributed by atoms with van der Waals surface area (Å²) in [5, 5.41) is 9.01. The molecule has 0 unspecified atom stereocenters. The molecular formula is C15H11FO2. The van der Waals surface area contributed by atoms with Gasteiger partial charge in [0.2, 0.25) is 0 Å². The first-order valence-corrected chi connectivity index (χ1v) is 5.43. The van der Waals surface area contributed by atoms with Crippen LogP contribution in [0.3, 0.4) is 0 Å². The first-order valence-electron chi connectivity index (χ1n) is 5.43. The van der Waals surface area contributed by atoms with Crippen LogP contribution >= 0.6 is 0 Å². The third kappa shape index (κ3) is 2.83. The highest BCUT2D eigenvalue weighted by atomic mass is 19.1. The second-order valence-electron chi connectivity index (χ2n) is 3.78. The van der Waals surface area contributed by atoms with Crippen LogP contribution in [0.25, 0.3) is 12.2 Å². The Morgan fingerprint density at radius 1 is 1.06 bits per heavy atom. The third-order valence-corrected chi connectivity index (χ3v) is 2.50. The Balaban J connectivity index is 2.32. The van der Waals surface area contributed by atoms with Crippen LogP contribution in [0.5, 0.6) is 0 Å². The van der Waals surface area contributed by atoms with E-state index in [-0.39, 0.29) is 11.4 Å². The average Bonchev–Trinajstić information content (AvgIpc) is 2.37. The van der Waals surface area contributed by atoms with E-state index in [1.165, 1.54) is 18.2 Å². The maximum Gasteiger partial charge on any atom is 0.336 e. The van der Waals surface area contributed by atoms with Crippen LogP contribution in [-0.4, -0.2) is 11.1 Å². The molecule has 2 nitrogen and oxygen atoms in total. The summed E-state index contributed by atoms with van der Waals surface area (Å²) in [6.07, 6.45) is 3.35. The van der Waals surface area contributed by atoms with Gasteiger partial charge in [0.05, 0.1) is 5.56 Å². The molecule has 0 saturated heterocycles. The Labute approximate surface area is 104 Å². The Hall–Kier alpha value is -2.42. The van der Waals surface area contributed by atoms with E-state index in [0.29, 0.717) is 11.1 Å². The number of aromatic carboxylic acids is 1. The van der Waals surface area contributed by atoms with Gasteiger partial charge in [-0.05, 0) is 29.3 Å². The van der Waals surface area contributed by atoms with Gasteiger partial charge in [0.25, 0.3) is 0 Å². The van der Waals surface area contributed by atoms with Crippen LogP contribution in [0.4, 0.5) is 4.39 Å². The van der Waals surface area contributed by atoms with Gasteiger partial charge in [-0.2, -0.15) is 0 Å². The lowest BCUT2D eigenvalue weighted by molar-refractivity contribution is 0.0696. The van der Waals surface area contributed by atoms with Crippen molar-refractivity contribution in [3.8, 4) is 0 Å². The van der Waals surface area contributed by atoms with Crippen LogP contribution in [0.15, 0.2) is 48.5 Å². The van der Waals surface area contributed by atoms with E-state index in [2.05, 4.69) is 0 Å². The monoisotopic (exact) mass is 242 g/mol. The lowest BCUT2D eigenvalue weighted by atomic mass is 10.1. The van der Waals surface area contributed by atoms with Crippen molar-refractivity contribution in [1.29, 1.82) is 0 Å². The van der Waals surface area contributed by atoms with Crippen LogP contribution < -0.4 is 0 Å². The zero-order valence-corrected chi connectivity index (χ0v) is 9.51. The lowest BCUT2D eigenvalue weighted by Gasteiger charge is -2.00. The number of hydrogen-bond donors (Lipinski definition) is 1. The summed E-state index contributed by atoms with van der Waals surface area (Å²) in [6.45, 7) is 0. The molecule has 0 radical (unpaired) electrons. The standard InChI is InChI=1S/C15H11FO2/c16-13-6-3-4-11(10-13)8-9-12-5-1-2-7-14(12)15(17)18/h1-10H,(H,17,18)/b9-8-. The van der Waals surface area contributed by atoms with Crippen molar-refractivity contribution in [3.63, 3.8) is 0 Å². The highest BCUT2D eigenvalue weighted by Crippen LogP contribution is 2.14. The summed E-state index contributed by atoms with van der Waals surface area (Å²) in [6, 6.07) is 12.8. The van der Waals surface area contributed by atoms with Gasteiger partial charge in [-0.25, -0.2) is 9.18 Å².